The van der Waals surface area contributed by atoms with Crippen molar-refractivity contribution in [3.63, 3.8) is 0 Å². The van der Waals surface area contributed by atoms with Gasteiger partial charge in [0.05, 0.1) is 4.70 Å². The maximum absolute atomic E-state index is 13.3. The fraction of sp³-hybridized carbons (Fsp3) is 0.200. The van der Waals surface area contributed by atoms with Crippen LogP contribution in [0.25, 0.3) is 10.1 Å². The van der Waals surface area contributed by atoms with E-state index in [4.69, 9.17) is 5.73 Å². The zero-order chi connectivity index (χ0) is 10.1. The third-order valence-corrected chi connectivity index (χ3v) is 3.35. The molecular weight excluding hydrogens is 201 g/mol. The summed E-state index contributed by atoms with van der Waals surface area (Å²) in [5.74, 6) is -0.110. The van der Waals surface area contributed by atoms with Crippen molar-refractivity contribution in [2.75, 3.05) is 6.54 Å². The summed E-state index contributed by atoms with van der Waals surface area (Å²) in [4.78, 5) is 0.757. The third-order valence-electron chi connectivity index (χ3n) is 2.08. The third kappa shape index (κ3) is 1.36. The molecule has 74 valence electrons. The number of benzene rings is 1. The standard InChI is InChI=1S/C10H10FNOS/c11-7-3-1-2-6-9(13)8(4-5-12)14-10(6)7/h1-3,13H,4-5,12H2. The summed E-state index contributed by atoms with van der Waals surface area (Å²) in [7, 11) is 0. The first-order chi connectivity index (χ1) is 6.74. The van der Waals surface area contributed by atoms with Gasteiger partial charge in [0.25, 0.3) is 0 Å². The number of hydrogen-bond donors (Lipinski definition) is 2. The molecule has 0 amide bonds. The van der Waals surface area contributed by atoms with Crippen LogP contribution in [0.2, 0.25) is 0 Å². The van der Waals surface area contributed by atoms with Gasteiger partial charge in [-0.2, -0.15) is 0 Å². The van der Waals surface area contributed by atoms with Crippen LogP contribution in [-0.2, 0) is 6.42 Å². The van der Waals surface area contributed by atoms with Crippen molar-refractivity contribution in [1.29, 1.82) is 0 Å². The maximum Gasteiger partial charge on any atom is 0.141 e. The fourth-order valence-electron chi connectivity index (χ4n) is 1.42. The molecule has 0 atom stereocenters. The number of halogens is 1. The van der Waals surface area contributed by atoms with Crippen LogP contribution >= 0.6 is 11.3 Å². The largest absolute Gasteiger partial charge is 0.506 e. The van der Waals surface area contributed by atoms with Crippen molar-refractivity contribution in [2.24, 2.45) is 5.73 Å². The number of thiophene rings is 1. The molecule has 1 aromatic carbocycles. The van der Waals surface area contributed by atoms with Gasteiger partial charge in [0, 0.05) is 10.3 Å². The lowest BCUT2D eigenvalue weighted by atomic mass is 10.2. The van der Waals surface area contributed by atoms with Gasteiger partial charge in [-0.15, -0.1) is 11.3 Å². The summed E-state index contributed by atoms with van der Waals surface area (Å²) in [6.07, 6.45) is 0.588. The highest BCUT2D eigenvalue weighted by molar-refractivity contribution is 7.19. The minimum absolute atomic E-state index is 0.176. The second kappa shape index (κ2) is 3.55. The summed E-state index contributed by atoms with van der Waals surface area (Å²) >= 11 is 1.27. The second-order valence-electron chi connectivity index (χ2n) is 3.03. The van der Waals surface area contributed by atoms with Gasteiger partial charge in [-0.05, 0) is 25.1 Å². The topological polar surface area (TPSA) is 46.2 Å². The summed E-state index contributed by atoms with van der Waals surface area (Å²) < 4.78 is 13.8. The lowest BCUT2D eigenvalue weighted by Crippen LogP contribution is -2.00. The van der Waals surface area contributed by atoms with Gasteiger partial charge >= 0.3 is 0 Å². The van der Waals surface area contributed by atoms with Gasteiger partial charge in [0.1, 0.15) is 11.6 Å². The minimum Gasteiger partial charge on any atom is -0.506 e. The summed E-state index contributed by atoms with van der Waals surface area (Å²) in [6.45, 7) is 0.460. The van der Waals surface area contributed by atoms with Crippen LogP contribution in [0.5, 0.6) is 5.75 Å². The number of aromatic hydroxyl groups is 1. The molecule has 2 rings (SSSR count). The van der Waals surface area contributed by atoms with E-state index in [9.17, 15) is 9.50 Å². The van der Waals surface area contributed by atoms with Crippen molar-refractivity contribution in [3.05, 3.63) is 28.9 Å². The van der Waals surface area contributed by atoms with E-state index in [0.29, 0.717) is 23.1 Å². The molecule has 0 aliphatic rings. The molecule has 0 radical (unpaired) electrons. The van der Waals surface area contributed by atoms with Gasteiger partial charge < -0.3 is 10.8 Å². The van der Waals surface area contributed by atoms with Gasteiger partial charge in [0.2, 0.25) is 0 Å². The molecular formula is C10H10FNOS. The van der Waals surface area contributed by atoms with Gasteiger partial charge in [-0.1, -0.05) is 6.07 Å². The van der Waals surface area contributed by atoms with Crippen molar-refractivity contribution in [1.82, 2.24) is 0 Å². The Hall–Kier alpha value is -1.13. The second-order valence-corrected chi connectivity index (χ2v) is 4.13. The first-order valence-electron chi connectivity index (χ1n) is 4.33. The van der Waals surface area contributed by atoms with Gasteiger partial charge in [-0.25, -0.2) is 4.39 Å². The van der Waals surface area contributed by atoms with E-state index in [2.05, 4.69) is 0 Å². The highest BCUT2D eigenvalue weighted by atomic mass is 32.1. The maximum atomic E-state index is 13.3. The quantitative estimate of drug-likeness (QED) is 0.800. The summed E-state index contributed by atoms with van der Waals surface area (Å²) in [6, 6.07) is 4.70. The Balaban J connectivity index is 2.67. The predicted octanol–water partition coefficient (Wildman–Crippen LogP) is 2.25. The molecule has 4 heteroatoms. The van der Waals surface area contributed by atoms with Crippen LogP contribution in [0.3, 0.4) is 0 Å². The monoisotopic (exact) mass is 211 g/mol. The average Bonchev–Trinajstić information content (AvgIpc) is 2.48. The normalized spacial score (nSPS) is 11.0. The summed E-state index contributed by atoms with van der Waals surface area (Å²) in [5, 5.41) is 10.3. The Morgan fingerprint density at radius 3 is 2.86 bits per heavy atom. The highest BCUT2D eigenvalue weighted by Crippen LogP contribution is 2.38. The van der Waals surface area contributed by atoms with E-state index >= 15 is 0 Å². The molecule has 0 unspecified atom stereocenters. The van der Waals surface area contributed by atoms with Crippen molar-refractivity contribution < 1.29 is 9.50 Å². The van der Waals surface area contributed by atoms with E-state index in [1.807, 2.05) is 0 Å². The van der Waals surface area contributed by atoms with Crippen LogP contribution in [0, 0.1) is 5.82 Å². The molecule has 0 fully saturated rings. The first-order valence-corrected chi connectivity index (χ1v) is 5.14. The zero-order valence-corrected chi connectivity index (χ0v) is 8.27. The van der Waals surface area contributed by atoms with Crippen molar-refractivity contribution in [2.45, 2.75) is 6.42 Å². The smallest absolute Gasteiger partial charge is 0.141 e. The van der Waals surface area contributed by atoms with Crippen LogP contribution in [-0.4, -0.2) is 11.7 Å². The Kier molecular flexibility index (Phi) is 2.39. The zero-order valence-electron chi connectivity index (χ0n) is 7.46. The number of fused-ring (bicyclic) bond motifs is 1. The fourth-order valence-corrected chi connectivity index (χ4v) is 2.53. The van der Waals surface area contributed by atoms with Crippen molar-refractivity contribution >= 4 is 21.4 Å². The molecule has 2 aromatic rings. The molecule has 1 heterocycles. The first kappa shape index (κ1) is 9.43. The Morgan fingerprint density at radius 1 is 1.43 bits per heavy atom. The molecule has 0 spiro atoms. The molecule has 14 heavy (non-hydrogen) atoms. The van der Waals surface area contributed by atoms with E-state index in [-0.39, 0.29) is 11.6 Å². The van der Waals surface area contributed by atoms with Crippen LogP contribution < -0.4 is 5.73 Å². The lowest BCUT2D eigenvalue weighted by Gasteiger charge is -1.93. The van der Waals surface area contributed by atoms with Crippen LogP contribution in [0.15, 0.2) is 18.2 Å². The Labute approximate surface area is 84.8 Å². The molecule has 2 nitrogen and oxygen atoms in total. The minimum atomic E-state index is -0.286. The molecule has 0 aliphatic heterocycles. The molecule has 0 bridgehead atoms. The summed E-state index contributed by atoms with van der Waals surface area (Å²) in [5.41, 5.74) is 5.39. The van der Waals surface area contributed by atoms with E-state index in [0.717, 1.165) is 4.88 Å². The van der Waals surface area contributed by atoms with Crippen LogP contribution in [0.4, 0.5) is 4.39 Å². The molecule has 1 aromatic heterocycles. The van der Waals surface area contributed by atoms with E-state index < -0.39 is 0 Å². The SMILES string of the molecule is NCCc1sc2c(F)cccc2c1O. The molecule has 3 N–H and O–H groups in total. The van der Waals surface area contributed by atoms with E-state index in [1.165, 1.54) is 17.4 Å². The molecule has 0 saturated carbocycles. The lowest BCUT2D eigenvalue weighted by molar-refractivity contribution is 0.477. The Bertz CT molecular complexity index is 466. The predicted molar refractivity (Wildman–Crippen MR) is 56.2 cm³/mol. The average molecular weight is 211 g/mol. The molecule has 0 saturated heterocycles. The van der Waals surface area contributed by atoms with Crippen molar-refractivity contribution in [3.8, 4) is 5.75 Å². The van der Waals surface area contributed by atoms with Gasteiger partial charge in [0.15, 0.2) is 0 Å². The number of hydrogen-bond acceptors (Lipinski definition) is 3. The van der Waals surface area contributed by atoms with Crippen LogP contribution in [0.1, 0.15) is 4.88 Å². The van der Waals surface area contributed by atoms with Gasteiger partial charge in [-0.3, -0.25) is 0 Å². The highest BCUT2D eigenvalue weighted by Gasteiger charge is 2.12. The molecule has 0 aliphatic carbocycles. The number of rotatable bonds is 2. The number of nitrogens with two attached hydrogens (primary N) is 1. The van der Waals surface area contributed by atoms with E-state index in [1.54, 1.807) is 12.1 Å². The Morgan fingerprint density at radius 2 is 2.21 bits per heavy atom.